The minimum Gasteiger partial charge on any atom is -0.392 e. The average molecular weight is 169 g/mol. The number of nitrogens with one attached hydrogen (secondary N) is 1. The van der Waals surface area contributed by atoms with E-state index >= 15 is 0 Å². The number of rotatable bonds is 4. The van der Waals surface area contributed by atoms with Gasteiger partial charge in [0.05, 0.1) is 12.6 Å². The van der Waals surface area contributed by atoms with Gasteiger partial charge in [0.25, 0.3) is 0 Å². The highest BCUT2D eigenvalue weighted by molar-refractivity contribution is 4.90. The van der Waals surface area contributed by atoms with E-state index in [2.05, 4.69) is 10.3 Å². The molecule has 4 nitrogen and oxygen atoms in total. The predicted molar refractivity (Wildman–Crippen MR) is 46.6 cm³/mol. The molecule has 68 valence electrons. The van der Waals surface area contributed by atoms with Crippen LogP contribution in [0.3, 0.4) is 0 Å². The first kappa shape index (κ1) is 9.22. The molecule has 0 aliphatic heterocycles. The summed E-state index contributed by atoms with van der Waals surface area (Å²) in [6.45, 7) is 3.06. The van der Waals surface area contributed by atoms with E-state index in [1.54, 1.807) is 13.1 Å². The van der Waals surface area contributed by atoms with Crippen LogP contribution in [0.25, 0.3) is 0 Å². The van der Waals surface area contributed by atoms with Gasteiger partial charge in [-0.15, -0.1) is 0 Å². The molecule has 0 saturated heterocycles. The van der Waals surface area contributed by atoms with E-state index in [0.29, 0.717) is 13.1 Å². The van der Waals surface area contributed by atoms with Crippen LogP contribution in [0.1, 0.15) is 12.7 Å². The number of aryl methyl sites for hydroxylation is 1. The van der Waals surface area contributed by atoms with E-state index in [9.17, 15) is 0 Å². The first-order valence-electron chi connectivity index (χ1n) is 4.05. The number of hydrogen-bond donors (Lipinski definition) is 2. The Bertz CT molecular complexity index is 232. The fourth-order valence-corrected chi connectivity index (χ4v) is 0.960. The fraction of sp³-hybridized carbons (Fsp3) is 0.625. The lowest BCUT2D eigenvalue weighted by molar-refractivity contribution is 0.190. The normalized spacial score (nSPS) is 13.2. The molecule has 1 rings (SSSR count). The van der Waals surface area contributed by atoms with Crippen molar-refractivity contribution in [3.8, 4) is 0 Å². The molecule has 1 aromatic rings. The summed E-state index contributed by atoms with van der Waals surface area (Å²) in [7, 11) is 1.95. The van der Waals surface area contributed by atoms with E-state index in [-0.39, 0.29) is 6.10 Å². The monoisotopic (exact) mass is 169 g/mol. The second-order valence-electron chi connectivity index (χ2n) is 2.93. The highest BCUT2D eigenvalue weighted by Gasteiger charge is 1.98. The number of imidazole rings is 1. The molecule has 4 heteroatoms. The standard InChI is InChI=1S/C8H15N3O/c1-7(12)5-9-6-8-10-3-4-11(8)2/h3-4,7,9,12H,5-6H2,1-2H3/t7-/m1/s1. The van der Waals surface area contributed by atoms with Crippen LogP contribution in [0.2, 0.25) is 0 Å². The zero-order valence-electron chi connectivity index (χ0n) is 7.49. The van der Waals surface area contributed by atoms with E-state index in [1.807, 2.05) is 17.8 Å². The minimum absolute atomic E-state index is 0.301. The Morgan fingerprint density at radius 1 is 1.75 bits per heavy atom. The molecule has 0 aliphatic carbocycles. The van der Waals surface area contributed by atoms with Gasteiger partial charge in [-0.2, -0.15) is 0 Å². The smallest absolute Gasteiger partial charge is 0.122 e. The molecule has 0 aliphatic rings. The van der Waals surface area contributed by atoms with Crippen molar-refractivity contribution >= 4 is 0 Å². The van der Waals surface area contributed by atoms with Gasteiger partial charge in [-0.1, -0.05) is 0 Å². The summed E-state index contributed by atoms with van der Waals surface area (Å²) in [5.74, 6) is 0.982. The molecular formula is C8H15N3O. The summed E-state index contributed by atoms with van der Waals surface area (Å²) in [4.78, 5) is 4.13. The van der Waals surface area contributed by atoms with Crippen molar-refractivity contribution < 1.29 is 5.11 Å². The van der Waals surface area contributed by atoms with Gasteiger partial charge >= 0.3 is 0 Å². The molecule has 0 fully saturated rings. The summed E-state index contributed by atoms with van der Waals surface area (Å²) in [5.41, 5.74) is 0. The lowest BCUT2D eigenvalue weighted by Crippen LogP contribution is -2.25. The third-order valence-electron chi connectivity index (χ3n) is 1.64. The molecule has 1 atom stereocenters. The van der Waals surface area contributed by atoms with Crippen molar-refractivity contribution in [3.05, 3.63) is 18.2 Å². The van der Waals surface area contributed by atoms with Crippen LogP contribution in [0.4, 0.5) is 0 Å². The maximum atomic E-state index is 8.96. The summed E-state index contributed by atoms with van der Waals surface area (Å²) < 4.78 is 1.95. The molecule has 0 amide bonds. The maximum Gasteiger partial charge on any atom is 0.122 e. The molecule has 12 heavy (non-hydrogen) atoms. The average Bonchev–Trinajstić information content (AvgIpc) is 2.36. The molecule has 0 radical (unpaired) electrons. The van der Waals surface area contributed by atoms with Crippen LogP contribution >= 0.6 is 0 Å². The molecule has 0 spiro atoms. The fourth-order valence-electron chi connectivity index (χ4n) is 0.960. The molecule has 1 aromatic heterocycles. The summed E-state index contributed by atoms with van der Waals surface area (Å²) in [6.07, 6.45) is 3.36. The number of aliphatic hydroxyl groups is 1. The molecule has 0 bridgehead atoms. The third kappa shape index (κ3) is 2.64. The Balaban J connectivity index is 2.29. The van der Waals surface area contributed by atoms with E-state index < -0.39 is 0 Å². The van der Waals surface area contributed by atoms with Crippen molar-refractivity contribution in [1.29, 1.82) is 0 Å². The largest absolute Gasteiger partial charge is 0.392 e. The van der Waals surface area contributed by atoms with Crippen LogP contribution < -0.4 is 5.32 Å². The maximum absolute atomic E-state index is 8.96. The molecule has 1 heterocycles. The van der Waals surface area contributed by atoms with Crippen molar-refractivity contribution in [1.82, 2.24) is 14.9 Å². The zero-order chi connectivity index (χ0) is 8.97. The molecule has 0 saturated carbocycles. The van der Waals surface area contributed by atoms with Crippen LogP contribution in [-0.2, 0) is 13.6 Å². The predicted octanol–water partition coefficient (Wildman–Crippen LogP) is -0.110. The Morgan fingerprint density at radius 3 is 3.00 bits per heavy atom. The third-order valence-corrected chi connectivity index (χ3v) is 1.64. The highest BCUT2D eigenvalue weighted by atomic mass is 16.3. The van der Waals surface area contributed by atoms with Gasteiger partial charge in [0, 0.05) is 26.0 Å². The topological polar surface area (TPSA) is 50.1 Å². The van der Waals surface area contributed by atoms with Crippen molar-refractivity contribution in [2.75, 3.05) is 6.54 Å². The van der Waals surface area contributed by atoms with Crippen LogP contribution in [-0.4, -0.2) is 27.3 Å². The lowest BCUT2D eigenvalue weighted by atomic mass is 10.4. The van der Waals surface area contributed by atoms with Gasteiger partial charge in [-0.3, -0.25) is 0 Å². The van der Waals surface area contributed by atoms with Crippen molar-refractivity contribution in [2.24, 2.45) is 7.05 Å². The first-order valence-corrected chi connectivity index (χ1v) is 4.05. The molecular weight excluding hydrogens is 154 g/mol. The van der Waals surface area contributed by atoms with Gasteiger partial charge in [0.1, 0.15) is 5.82 Å². The molecule has 0 aromatic carbocycles. The summed E-state index contributed by atoms with van der Waals surface area (Å²) in [5, 5.41) is 12.1. The Hall–Kier alpha value is -0.870. The second kappa shape index (κ2) is 4.23. The summed E-state index contributed by atoms with van der Waals surface area (Å²) >= 11 is 0. The highest BCUT2D eigenvalue weighted by Crippen LogP contribution is 1.92. The number of aromatic nitrogens is 2. The summed E-state index contributed by atoms with van der Waals surface area (Å²) in [6, 6.07) is 0. The number of hydrogen-bond acceptors (Lipinski definition) is 3. The Labute approximate surface area is 72.2 Å². The van der Waals surface area contributed by atoms with E-state index in [1.165, 1.54) is 0 Å². The minimum atomic E-state index is -0.301. The van der Waals surface area contributed by atoms with Crippen LogP contribution in [0.5, 0.6) is 0 Å². The van der Waals surface area contributed by atoms with Gasteiger partial charge in [-0.05, 0) is 6.92 Å². The molecule has 0 unspecified atom stereocenters. The van der Waals surface area contributed by atoms with Crippen molar-refractivity contribution in [3.63, 3.8) is 0 Å². The SMILES string of the molecule is C[C@@H](O)CNCc1nccn1C. The Morgan fingerprint density at radius 2 is 2.50 bits per heavy atom. The van der Waals surface area contributed by atoms with Gasteiger partial charge in [-0.25, -0.2) is 4.98 Å². The van der Waals surface area contributed by atoms with Gasteiger partial charge in [0.2, 0.25) is 0 Å². The first-order chi connectivity index (χ1) is 5.70. The quantitative estimate of drug-likeness (QED) is 0.661. The van der Waals surface area contributed by atoms with Gasteiger partial charge < -0.3 is 15.0 Å². The number of aliphatic hydroxyl groups excluding tert-OH is 1. The van der Waals surface area contributed by atoms with Crippen molar-refractivity contribution in [2.45, 2.75) is 19.6 Å². The lowest BCUT2D eigenvalue weighted by Gasteiger charge is -2.06. The van der Waals surface area contributed by atoms with Crippen LogP contribution in [0.15, 0.2) is 12.4 Å². The Kier molecular flexibility index (Phi) is 3.25. The number of nitrogens with zero attached hydrogens (tertiary/aromatic N) is 2. The van der Waals surface area contributed by atoms with Crippen LogP contribution in [0, 0.1) is 0 Å². The zero-order valence-corrected chi connectivity index (χ0v) is 7.49. The van der Waals surface area contributed by atoms with E-state index in [4.69, 9.17) is 5.11 Å². The van der Waals surface area contributed by atoms with Gasteiger partial charge in [0.15, 0.2) is 0 Å². The molecule has 2 N–H and O–H groups in total. The second-order valence-corrected chi connectivity index (χ2v) is 2.93. The van der Waals surface area contributed by atoms with E-state index in [0.717, 1.165) is 5.82 Å².